The van der Waals surface area contributed by atoms with Crippen LogP contribution in [0.4, 0.5) is 0 Å². The molecule has 43 heavy (non-hydrogen) atoms. The molecule has 0 radical (unpaired) electrons. The van der Waals surface area contributed by atoms with Crippen molar-refractivity contribution < 1.29 is 39.0 Å². The molecule has 0 amide bonds. The zero-order valence-corrected chi connectivity index (χ0v) is 26.8. The van der Waals surface area contributed by atoms with Crippen LogP contribution in [0.5, 0.6) is 0 Å². The zero-order valence-electron chi connectivity index (χ0n) is 26.8. The highest BCUT2D eigenvalue weighted by Gasteiger charge is 2.82. The van der Waals surface area contributed by atoms with Crippen molar-refractivity contribution in [1.29, 1.82) is 0 Å². The molecule has 16 atom stereocenters. The van der Waals surface area contributed by atoms with Gasteiger partial charge in [0.25, 0.3) is 0 Å². The van der Waals surface area contributed by atoms with Crippen molar-refractivity contribution in [2.45, 2.75) is 147 Å². The molecule has 4 saturated carbocycles. The van der Waals surface area contributed by atoms with E-state index in [0.717, 1.165) is 32.1 Å². The van der Waals surface area contributed by atoms with Gasteiger partial charge in [-0.05, 0) is 96.7 Å². The molecule has 9 aliphatic rings. The van der Waals surface area contributed by atoms with E-state index in [9.17, 15) is 15.3 Å². The monoisotopic (exact) mass is 600 g/mol. The minimum Gasteiger partial charge on any atom is -0.388 e. The summed E-state index contributed by atoms with van der Waals surface area (Å²) in [6, 6.07) is 0. The zero-order chi connectivity index (χ0) is 30.2. The molecule has 8 fully saturated rings. The molecule has 9 rings (SSSR count). The van der Waals surface area contributed by atoms with E-state index in [-0.39, 0.29) is 52.2 Å². The Balaban J connectivity index is 1.00. The van der Waals surface area contributed by atoms with Gasteiger partial charge in [-0.15, -0.1) is 0 Å². The van der Waals surface area contributed by atoms with E-state index in [1.165, 1.54) is 19.3 Å². The van der Waals surface area contributed by atoms with Gasteiger partial charge in [0.05, 0.1) is 25.4 Å². The molecule has 5 aliphatic carbocycles. The van der Waals surface area contributed by atoms with Gasteiger partial charge in [0.15, 0.2) is 12.1 Å². The lowest BCUT2D eigenvalue weighted by molar-refractivity contribution is -0.304. The third-order valence-corrected chi connectivity index (χ3v) is 15.6. The summed E-state index contributed by atoms with van der Waals surface area (Å²) in [6.45, 7) is 15.1. The Kier molecular flexibility index (Phi) is 5.51. The third kappa shape index (κ3) is 3.22. The molecule has 4 aliphatic heterocycles. The van der Waals surface area contributed by atoms with Gasteiger partial charge in [-0.1, -0.05) is 46.3 Å². The highest BCUT2D eigenvalue weighted by molar-refractivity contribution is 5.46. The van der Waals surface area contributed by atoms with Crippen molar-refractivity contribution in [3.05, 3.63) is 11.6 Å². The summed E-state index contributed by atoms with van der Waals surface area (Å²) >= 11 is 0. The Morgan fingerprint density at radius 1 is 0.953 bits per heavy atom. The van der Waals surface area contributed by atoms with Crippen molar-refractivity contribution in [3.8, 4) is 0 Å². The molecular weight excluding hydrogens is 548 g/mol. The van der Waals surface area contributed by atoms with Crippen molar-refractivity contribution in [3.63, 3.8) is 0 Å². The fourth-order valence-corrected chi connectivity index (χ4v) is 13.4. The van der Waals surface area contributed by atoms with E-state index in [2.05, 4.69) is 47.6 Å². The lowest BCUT2D eigenvalue weighted by atomic mass is 9.45. The van der Waals surface area contributed by atoms with E-state index in [4.69, 9.17) is 23.7 Å². The van der Waals surface area contributed by atoms with Crippen LogP contribution in [-0.2, 0) is 23.7 Å². The van der Waals surface area contributed by atoms with Crippen LogP contribution >= 0.6 is 0 Å². The maximum atomic E-state index is 10.6. The maximum Gasteiger partial charge on any atom is 0.198 e. The summed E-state index contributed by atoms with van der Waals surface area (Å²) < 4.78 is 31.8. The molecular formula is C35H52O8. The maximum absolute atomic E-state index is 10.6. The van der Waals surface area contributed by atoms with Gasteiger partial charge in [0.1, 0.15) is 30.0 Å². The Hall–Kier alpha value is -0.580. The van der Waals surface area contributed by atoms with Gasteiger partial charge in [0, 0.05) is 6.42 Å². The number of aliphatic hydroxyl groups is 3. The van der Waals surface area contributed by atoms with Gasteiger partial charge < -0.3 is 39.0 Å². The van der Waals surface area contributed by atoms with E-state index in [1.54, 1.807) is 5.57 Å². The van der Waals surface area contributed by atoms with E-state index in [0.29, 0.717) is 29.8 Å². The fourth-order valence-electron chi connectivity index (χ4n) is 13.4. The van der Waals surface area contributed by atoms with E-state index < -0.39 is 30.4 Å². The van der Waals surface area contributed by atoms with Crippen LogP contribution in [0.3, 0.4) is 0 Å². The van der Waals surface area contributed by atoms with Gasteiger partial charge in [-0.25, -0.2) is 0 Å². The summed E-state index contributed by atoms with van der Waals surface area (Å²) in [5.74, 6) is 0.983. The molecule has 16 unspecified atom stereocenters. The highest BCUT2D eigenvalue weighted by atomic mass is 16.8. The van der Waals surface area contributed by atoms with Crippen LogP contribution < -0.4 is 0 Å². The summed E-state index contributed by atoms with van der Waals surface area (Å²) in [7, 11) is 0. The number of fused-ring (bicyclic) bond motifs is 6. The number of allylic oxidation sites excluding steroid dienone is 2. The molecule has 0 aromatic rings. The quantitative estimate of drug-likeness (QED) is 0.321. The number of epoxide rings is 1. The number of hydrogen-bond donors (Lipinski definition) is 3. The first-order chi connectivity index (χ1) is 20.2. The second-order valence-corrected chi connectivity index (χ2v) is 17.8. The summed E-state index contributed by atoms with van der Waals surface area (Å²) in [5, 5.41) is 30.8. The van der Waals surface area contributed by atoms with Crippen molar-refractivity contribution >= 4 is 0 Å². The molecule has 4 saturated heterocycles. The molecule has 0 aromatic carbocycles. The van der Waals surface area contributed by atoms with Crippen LogP contribution in [0.25, 0.3) is 0 Å². The van der Waals surface area contributed by atoms with Crippen LogP contribution in [-0.4, -0.2) is 82.8 Å². The van der Waals surface area contributed by atoms with Gasteiger partial charge in [-0.3, -0.25) is 0 Å². The lowest BCUT2D eigenvalue weighted by Crippen LogP contribution is -2.58. The van der Waals surface area contributed by atoms with Crippen molar-refractivity contribution in [2.24, 2.45) is 44.8 Å². The summed E-state index contributed by atoms with van der Waals surface area (Å²) in [6.07, 6.45) is 7.24. The van der Waals surface area contributed by atoms with E-state index >= 15 is 0 Å². The van der Waals surface area contributed by atoms with Gasteiger partial charge in [-0.2, -0.15) is 0 Å². The number of rotatable bonds is 2. The first kappa shape index (κ1) is 28.6. The van der Waals surface area contributed by atoms with Gasteiger partial charge in [0.2, 0.25) is 0 Å². The Morgan fingerprint density at radius 2 is 1.74 bits per heavy atom. The van der Waals surface area contributed by atoms with Crippen LogP contribution in [0.1, 0.15) is 92.9 Å². The minimum atomic E-state index is -1.25. The Labute approximate surface area is 255 Å². The van der Waals surface area contributed by atoms with Crippen LogP contribution in [0.15, 0.2) is 11.6 Å². The summed E-state index contributed by atoms with van der Waals surface area (Å²) in [5.41, 5.74) is 2.34. The smallest absolute Gasteiger partial charge is 0.198 e. The minimum absolute atomic E-state index is 0.0273. The molecule has 0 aromatic heterocycles. The summed E-state index contributed by atoms with van der Waals surface area (Å²) in [4.78, 5) is 0. The van der Waals surface area contributed by atoms with Crippen LogP contribution in [0.2, 0.25) is 0 Å². The average Bonchev–Trinajstić information content (AvgIpc) is 3.77. The first-order valence-corrected chi connectivity index (χ1v) is 17.2. The average molecular weight is 601 g/mol. The largest absolute Gasteiger partial charge is 0.388 e. The Morgan fingerprint density at radius 3 is 2.47 bits per heavy atom. The van der Waals surface area contributed by atoms with Gasteiger partial charge >= 0.3 is 0 Å². The molecule has 4 heterocycles. The second kappa shape index (κ2) is 8.28. The molecule has 8 heteroatoms. The van der Waals surface area contributed by atoms with Crippen molar-refractivity contribution in [2.75, 3.05) is 13.2 Å². The molecule has 8 nitrogen and oxygen atoms in total. The molecule has 0 bridgehead atoms. The normalized spacial score (nSPS) is 64.1. The number of ether oxygens (including phenoxy) is 5. The molecule has 3 spiro atoms. The molecule has 240 valence electrons. The van der Waals surface area contributed by atoms with Crippen molar-refractivity contribution in [1.82, 2.24) is 0 Å². The standard InChI is InChI=1S/C35H52O8/c1-18-13-35(28-32(6,43-28)17-40-35)42-20-14-31(5)22-8-7-21-29(2,3)23(41-27-26(38)25(37)19(36)15-39-27)9-10-33(21)16-34(22,33)12-11-30(31,4)24(18)20/h8,18-21,23-28,36-38H,7,9-17H2,1-6H3. The van der Waals surface area contributed by atoms with Crippen LogP contribution in [0, 0.1) is 44.8 Å². The molecule has 3 N–H and O–H groups in total. The topological polar surface area (TPSA) is 110 Å². The second-order valence-electron chi connectivity index (χ2n) is 17.8. The van der Waals surface area contributed by atoms with E-state index in [1.807, 2.05) is 0 Å². The SMILES string of the molecule is CC1CC2(OCC3(C)OC32)OC2CC3(C)C4=CCC5C(C)(C)C(OC6OCC(O)C(O)C6O)CCC56CC46CCC3(C)C12. The highest BCUT2D eigenvalue weighted by Crippen LogP contribution is 2.88. The predicted octanol–water partition coefficient (Wildman–Crippen LogP) is 4.09. The first-order valence-electron chi connectivity index (χ1n) is 17.2. The lowest BCUT2D eigenvalue weighted by Gasteiger charge is -2.60. The number of aliphatic hydroxyl groups excluding tert-OH is 3. The third-order valence-electron chi connectivity index (χ3n) is 15.6. The Bertz CT molecular complexity index is 1270. The fraction of sp³-hybridized carbons (Fsp3) is 0.943. The predicted molar refractivity (Wildman–Crippen MR) is 155 cm³/mol. The number of hydrogen-bond acceptors (Lipinski definition) is 8.